The molecule has 1 aromatic carbocycles. The molecule has 4 aromatic rings. The van der Waals surface area contributed by atoms with E-state index < -0.39 is 5.97 Å². The van der Waals surface area contributed by atoms with Crippen LogP contribution in [0.3, 0.4) is 0 Å². The maximum absolute atomic E-state index is 10.7. The van der Waals surface area contributed by atoms with E-state index in [1.807, 2.05) is 42.5 Å². The van der Waals surface area contributed by atoms with E-state index in [1.54, 1.807) is 13.3 Å². The Morgan fingerprint density at radius 3 is 2.62 bits per heavy atom. The second-order valence-electron chi connectivity index (χ2n) is 7.28. The number of carboxylic acids is 1. The maximum atomic E-state index is 10.7. The van der Waals surface area contributed by atoms with Crippen LogP contribution in [0, 0.1) is 0 Å². The van der Waals surface area contributed by atoms with Crippen LogP contribution in [0.25, 0.3) is 33.7 Å². The number of hydrogen-bond donors (Lipinski definition) is 2. The quantitative estimate of drug-likeness (QED) is 0.336. The van der Waals surface area contributed by atoms with Crippen molar-refractivity contribution in [1.29, 1.82) is 0 Å². The Bertz CT molecular complexity index is 1190. The minimum atomic E-state index is -0.764. The number of aromatic nitrogens is 3. The molecule has 2 N–H and O–H groups in total. The van der Waals surface area contributed by atoms with Gasteiger partial charge < -0.3 is 19.6 Å². The van der Waals surface area contributed by atoms with Gasteiger partial charge in [-0.15, -0.1) is 0 Å². The van der Waals surface area contributed by atoms with Crippen molar-refractivity contribution in [2.24, 2.45) is 0 Å². The van der Waals surface area contributed by atoms with Crippen LogP contribution < -0.4 is 10.1 Å². The standard InChI is InChI=1S/C24H24N4O4/c1-31-17-11-9-16(10-12-17)20-21-23(26-14-5-2-3-8-19(29)30)27-15-28-24(21)32-22(20)18-7-4-6-13-25-18/h4,6-7,9-13,15H,2-3,5,8,14H2,1H3,(H,29,30)(H,26,27,28). The van der Waals surface area contributed by atoms with Crippen molar-refractivity contribution < 1.29 is 19.1 Å². The molecular weight excluding hydrogens is 408 g/mol. The van der Waals surface area contributed by atoms with Gasteiger partial charge in [0.25, 0.3) is 0 Å². The first kappa shape index (κ1) is 21.3. The van der Waals surface area contributed by atoms with Gasteiger partial charge in [0.05, 0.1) is 12.5 Å². The van der Waals surface area contributed by atoms with Crippen LogP contribution in [0.2, 0.25) is 0 Å². The molecule has 3 heterocycles. The topological polar surface area (TPSA) is 110 Å². The SMILES string of the molecule is COc1ccc(-c2c(-c3ccccn3)oc3ncnc(NCCCCCC(=O)O)c23)cc1. The summed E-state index contributed by atoms with van der Waals surface area (Å²) in [4.78, 5) is 24.0. The first-order valence-corrected chi connectivity index (χ1v) is 10.5. The number of unbranched alkanes of at least 4 members (excludes halogenated alkanes) is 2. The summed E-state index contributed by atoms with van der Waals surface area (Å²) in [6.45, 7) is 0.665. The van der Waals surface area contributed by atoms with Crippen molar-refractivity contribution >= 4 is 22.9 Å². The molecule has 0 radical (unpaired) electrons. The molecule has 3 aromatic heterocycles. The van der Waals surface area contributed by atoms with Crippen LogP contribution in [0.4, 0.5) is 5.82 Å². The molecule has 0 bridgehead atoms. The second-order valence-corrected chi connectivity index (χ2v) is 7.28. The largest absolute Gasteiger partial charge is 0.497 e. The molecule has 0 aliphatic rings. The van der Waals surface area contributed by atoms with E-state index in [4.69, 9.17) is 14.3 Å². The van der Waals surface area contributed by atoms with E-state index in [1.165, 1.54) is 6.33 Å². The van der Waals surface area contributed by atoms with Gasteiger partial charge in [0.2, 0.25) is 5.71 Å². The summed E-state index contributed by atoms with van der Waals surface area (Å²) < 4.78 is 11.5. The highest BCUT2D eigenvalue weighted by molar-refractivity contribution is 6.05. The van der Waals surface area contributed by atoms with Crippen molar-refractivity contribution in [3.8, 4) is 28.3 Å². The number of ether oxygens (including phenoxy) is 1. The first-order chi connectivity index (χ1) is 15.7. The number of hydrogen-bond acceptors (Lipinski definition) is 7. The summed E-state index contributed by atoms with van der Waals surface area (Å²) in [5.74, 6) is 1.29. The highest BCUT2D eigenvalue weighted by Crippen LogP contribution is 2.42. The van der Waals surface area contributed by atoms with E-state index in [0.29, 0.717) is 36.0 Å². The van der Waals surface area contributed by atoms with Crippen LogP contribution in [-0.4, -0.2) is 39.7 Å². The minimum absolute atomic E-state index is 0.189. The molecule has 0 aliphatic heterocycles. The Labute approximate surface area is 185 Å². The summed E-state index contributed by atoms with van der Waals surface area (Å²) >= 11 is 0. The lowest BCUT2D eigenvalue weighted by molar-refractivity contribution is -0.137. The zero-order chi connectivity index (χ0) is 22.3. The van der Waals surface area contributed by atoms with Gasteiger partial charge in [-0.25, -0.2) is 9.97 Å². The Balaban J connectivity index is 1.71. The summed E-state index contributed by atoms with van der Waals surface area (Å²) in [5.41, 5.74) is 2.97. The number of furan rings is 1. The average Bonchev–Trinajstić information content (AvgIpc) is 3.22. The summed E-state index contributed by atoms with van der Waals surface area (Å²) in [6.07, 6.45) is 5.70. The van der Waals surface area contributed by atoms with E-state index in [9.17, 15) is 4.79 Å². The van der Waals surface area contributed by atoms with Crippen molar-refractivity contribution in [3.05, 3.63) is 55.0 Å². The van der Waals surface area contributed by atoms with Gasteiger partial charge in [0, 0.05) is 24.7 Å². The number of methoxy groups -OCH3 is 1. The molecule has 0 unspecified atom stereocenters. The Morgan fingerprint density at radius 2 is 1.91 bits per heavy atom. The highest BCUT2D eigenvalue weighted by atomic mass is 16.5. The van der Waals surface area contributed by atoms with Gasteiger partial charge in [-0.1, -0.05) is 24.6 Å². The van der Waals surface area contributed by atoms with Crippen LogP contribution in [-0.2, 0) is 4.79 Å². The van der Waals surface area contributed by atoms with E-state index in [0.717, 1.165) is 35.1 Å². The number of rotatable bonds is 10. The smallest absolute Gasteiger partial charge is 0.303 e. The zero-order valence-corrected chi connectivity index (χ0v) is 17.7. The number of aliphatic carboxylic acids is 1. The van der Waals surface area contributed by atoms with E-state index in [-0.39, 0.29) is 6.42 Å². The fourth-order valence-corrected chi connectivity index (χ4v) is 3.56. The highest BCUT2D eigenvalue weighted by Gasteiger charge is 2.22. The van der Waals surface area contributed by atoms with Crippen LogP contribution in [0.5, 0.6) is 5.75 Å². The molecular formula is C24H24N4O4. The van der Waals surface area contributed by atoms with Crippen LogP contribution in [0.1, 0.15) is 25.7 Å². The summed E-state index contributed by atoms with van der Waals surface area (Å²) in [7, 11) is 1.63. The molecule has 164 valence electrons. The molecule has 0 saturated heterocycles. The molecule has 0 amide bonds. The molecule has 4 rings (SSSR count). The van der Waals surface area contributed by atoms with Gasteiger partial charge in [0.15, 0.2) is 5.76 Å². The predicted octanol–water partition coefficient (Wildman–Crippen LogP) is 5.02. The third-order valence-electron chi connectivity index (χ3n) is 5.12. The fourth-order valence-electron chi connectivity index (χ4n) is 3.56. The number of benzene rings is 1. The Kier molecular flexibility index (Phi) is 6.60. The Hall–Kier alpha value is -3.94. The normalized spacial score (nSPS) is 10.9. The zero-order valence-electron chi connectivity index (χ0n) is 17.7. The third kappa shape index (κ3) is 4.69. The van der Waals surface area contributed by atoms with Crippen LogP contribution >= 0.6 is 0 Å². The van der Waals surface area contributed by atoms with E-state index in [2.05, 4.69) is 20.3 Å². The minimum Gasteiger partial charge on any atom is -0.497 e. The molecule has 0 atom stereocenters. The van der Waals surface area contributed by atoms with E-state index >= 15 is 0 Å². The van der Waals surface area contributed by atoms with Crippen LogP contribution in [0.15, 0.2) is 59.4 Å². The lowest BCUT2D eigenvalue weighted by atomic mass is 10.0. The van der Waals surface area contributed by atoms with Gasteiger partial charge in [-0.3, -0.25) is 9.78 Å². The monoisotopic (exact) mass is 432 g/mol. The molecule has 0 saturated carbocycles. The maximum Gasteiger partial charge on any atom is 0.303 e. The van der Waals surface area contributed by atoms with Crippen molar-refractivity contribution in [2.45, 2.75) is 25.7 Å². The predicted molar refractivity (Wildman–Crippen MR) is 122 cm³/mol. The number of nitrogens with one attached hydrogen (secondary N) is 1. The molecule has 8 heteroatoms. The number of nitrogens with zero attached hydrogens (tertiary/aromatic N) is 3. The lowest BCUT2D eigenvalue weighted by Crippen LogP contribution is -2.04. The second kappa shape index (κ2) is 9.91. The number of fused-ring (bicyclic) bond motifs is 1. The lowest BCUT2D eigenvalue weighted by Gasteiger charge is -2.09. The average molecular weight is 432 g/mol. The van der Waals surface area contributed by atoms with Gasteiger partial charge >= 0.3 is 5.97 Å². The molecule has 8 nitrogen and oxygen atoms in total. The van der Waals surface area contributed by atoms with Gasteiger partial charge in [-0.05, 0) is 42.7 Å². The molecule has 32 heavy (non-hydrogen) atoms. The molecule has 0 aliphatic carbocycles. The van der Waals surface area contributed by atoms with Gasteiger partial charge in [-0.2, -0.15) is 0 Å². The first-order valence-electron chi connectivity index (χ1n) is 10.5. The van der Waals surface area contributed by atoms with Crippen molar-refractivity contribution in [2.75, 3.05) is 19.0 Å². The fraction of sp³-hybridized carbons (Fsp3) is 0.250. The number of carboxylic acid groups (broad SMARTS) is 1. The Morgan fingerprint density at radius 1 is 1.06 bits per heavy atom. The summed E-state index contributed by atoms with van der Waals surface area (Å²) in [6, 6.07) is 13.4. The number of carbonyl (C=O) groups is 1. The molecule has 0 fully saturated rings. The van der Waals surface area contributed by atoms with Crippen molar-refractivity contribution in [1.82, 2.24) is 15.0 Å². The van der Waals surface area contributed by atoms with Crippen molar-refractivity contribution in [3.63, 3.8) is 0 Å². The summed E-state index contributed by atoms with van der Waals surface area (Å²) in [5, 5.41) is 12.9. The number of pyridine rings is 1. The third-order valence-corrected chi connectivity index (χ3v) is 5.12. The molecule has 0 spiro atoms. The number of anilines is 1. The van der Waals surface area contributed by atoms with Gasteiger partial charge in [0.1, 0.15) is 23.6 Å².